The number of aryl methyl sites for hydroxylation is 2. The van der Waals surface area contributed by atoms with Crippen molar-refractivity contribution in [3.63, 3.8) is 0 Å². The van der Waals surface area contributed by atoms with Crippen molar-refractivity contribution in [1.29, 1.82) is 0 Å². The van der Waals surface area contributed by atoms with Gasteiger partial charge in [-0.05, 0) is 49.8 Å². The van der Waals surface area contributed by atoms with Gasteiger partial charge < -0.3 is 4.42 Å². The Hall–Kier alpha value is -2.42. The smallest absolute Gasteiger partial charge is 0.245 e. The summed E-state index contributed by atoms with van der Waals surface area (Å²) in [6.45, 7) is 2.15. The van der Waals surface area contributed by atoms with Crippen molar-refractivity contribution in [3.8, 4) is 11.6 Å². The summed E-state index contributed by atoms with van der Waals surface area (Å²) in [6, 6.07) is 14.6. The van der Waals surface area contributed by atoms with E-state index < -0.39 is 0 Å². The Morgan fingerprint density at radius 3 is 2.96 bits per heavy atom. The van der Waals surface area contributed by atoms with E-state index in [9.17, 15) is 0 Å². The van der Waals surface area contributed by atoms with Gasteiger partial charge in [0.05, 0.1) is 5.69 Å². The van der Waals surface area contributed by atoms with E-state index in [1.807, 2.05) is 18.2 Å². The minimum absolute atomic E-state index is 0.644. The maximum Gasteiger partial charge on any atom is 0.245 e. The lowest BCUT2D eigenvalue weighted by molar-refractivity contribution is 0.405. The van der Waals surface area contributed by atoms with Crippen molar-refractivity contribution in [1.82, 2.24) is 9.97 Å². The summed E-state index contributed by atoms with van der Waals surface area (Å²) >= 11 is 0. The molecule has 2 heterocycles. The van der Waals surface area contributed by atoms with Crippen LogP contribution in [-0.2, 0) is 19.3 Å². The Labute approximate surface area is 136 Å². The van der Waals surface area contributed by atoms with Crippen LogP contribution in [0.25, 0.3) is 11.6 Å². The standard InChI is InChI=1S/C20H20N2O/c1-14-5-4-6-15(11-14)12-16-8-9-19-18(13-16)22-20(23-19)17-7-2-3-10-21-17/h2-7,10-11,16H,8-9,12-13H2,1H3. The highest BCUT2D eigenvalue weighted by molar-refractivity contribution is 5.47. The van der Waals surface area contributed by atoms with Gasteiger partial charge in [-0.25, -0.2) is 4.98 Å². The van der Waals surface area contributed by atoms with Crippen LogP contribution in [0.5, 0.6) is 0 Å². The maximum absolute atomic E-state index is 5.94. The lowest BCUT2D eigenvalue weighted by Gasteiger charge is -2.20. The Balaban J connectivity index is 1.52. The molecule has 0 amide bonds. The van der Waals surface area contributed by atoms with Gasteiger partial charge in [0, 0.05) is 12.6 Å². The second kappa shape index (κ2) is 5.99. The van der Waals surface area contributed by atoms with Gasteiger partial charge in [-0.3, -0.25) is 4.98 Å². The molecule has 3 heteroatoms. The highest BCUT2D eigenvalue weighted by atomic mass is 16.4. The van der Waals surface area contributed by atoms with Crippen LogP contribution >= 0.6 is 0 Å². The quantitative estimate of drug-likeness (QED) is 0.720. The molecule has 0 saturated carbocycles. The predicted octanol–water partition coefficient (Wildman–Crippen LogP) is 4.39. The highest BCUT2D eigenvalue weighted by Gasteiger charge is 2.24. The lowest BCUT2D eigenvalue weighted by Crippen LogP contribution is -2.16. The fraction of sp³-hybridized carbons (Fsp3) is 0.300. The molecule has 0 radical (unpaired) electrons. The molecule has 3 aromatic rings. The van der Waals surface area contributed by atoms with Gasteiger partial charge in [0.2, 0.25) is 5.89 Å². The highest BCUT2D eigenvalue weighted by Crippen LogP contribution is 2.31. The van der Waals surface area contributed by atoms with Gasteiger partial charge in [0.1, 0.15) is 11.5 Å². The fourth-order valence-corrected chi connectivity index (χ4v) is 3.39. The second-order valence-corrected chi connectivity index (χ2v) is 6.41. The molecule has 1 aliphatic carbocycles. The van der Waals surface area contributed by atoms with Crippen LogP contribution in [0.4, 0.5) is 0 Å². The molecule has 0 fully saturated rings. The minimum atomic E-state index is 0.644. The molecule has 1 unspecified atom stereocenters. The van der Waals surface area contributed by atoms with Crippen LogP contribution in [0.1, 0.15) is 29.0 Å². The first-order valence-electron chi connectivity index (χ1n) is 8.23. The molecule has 0 spiro atoms. The lowest BCUT2D eigenvalue weighted by atomic mass is 9.85. The second-order valence-electron chi connectivity index (χ2n) is 6.41. The van der Waals surface area contributed by atoms with Crippen molar-refractivity contribution < 1.29 is 4.42 Å². The molecule has 3 nitrogen and oxygen atoms in total. The number of rotatable bonds is 3. The molecule has 23 heavy (non-hydrogen) atoms. The van der Waals surface area contributed by atoms with Gasteiger partial charge in [-0.1, -0.05) is 35.9 Å². The van der Waals surface area contributed by atoms with E-state index in [-0.39, 0.29) is 0 Å². The van der Waals surface area contributed by atoms with Crippen molar-refractivity contribution in [2.24, 2.45) is 5.92 Å². The third-order valence-electron chi connectivity index (χ3n) is 4.53. The number of benzene rings is 1. The van der Waals surface area contributed by atoms with Crippen LogP contribution in [0, 0.1) is 12.8 Å². The van der Waals surface area contributed by atoms with Crippen molar-refractivity contribution in [2.75, 3.05) is 0 Å². The number of nitrogens with zero attached hydrogens (tertiary/aromatic N) is 2. The molecular weight excluding hydrogens is 284 g/mol. The third kappa shape index (κ3) is 3.04. The zero-order valence-electron chi connectivity index (χ0n) is 13.3. The zero-order chi connectivity index (χ0) is 15.6. The van der Waals surface area contributed by atoms with Crippen LogP contribution < -0.4 is 0 Å². The Morgan fingerprint density at radius 1 is 1.17 bits per heavy atom. The van der Waals surface area contributed by atoms with Crippen LogP contribution in [0.3, 0.4) is 0 Å². The number of fused-ring (bicyclic) bond motifs is 1. The van der Waals surface area contributed by atoms with Crippen molar-refractivity contribution in [3.05, 3.63) is 71.2 Å². The van der Waals surface area contributed by atoms with Crippen LogP contribution in [0.15, 0.2) is 53.1 Å². The number of hydrogen-bond acceptors (Lipinski definition) is 3. The van der Waals surface area contributed by atoms with E-state index in [0.29, 0.717) is 11.8 Å². The molecule has 1 aromatic carbocycles. The van der Waals surface area contributed by atoms with E-state index in [1.54, 1.807) is 6.20 Å². The van der Waals surface area contributed by atoms with Crippen LogP contribution in [-0.4, -0.2) is 9.97 Å². The maximum atomic E-state index is 5.94. The minimum Gasteiger partial charge on any atom is -0.440 e. The average molecular weight is 304 g/mol. The summed E-state index contributed by atoms with van der Waals surface area (Å²) in [5.41, 5.74) is 4.69. The largest absolute Gasteiger partial charge is 0.440 e. The summed E-state index contributed by atoms with van der Waals surface area (Å²) in [7, 11) is 0. The van der Waals surface area contributed by atoms with Gasteiger partial charge in [-0.15, -0.1) is 0 Å². The molecule has 0 N–H and O–H groups in total. The molecular formula is C20H20N2O. The van der Waals surface area contributed by atoms with Crippen LogP contribution in [0.2, 0.25) is 0 Å². The molecule has 0 saturated heterocycles. The monoisotopic (exact) mass is 304 g/mol. The van der Waals surface area contributed by atoms with Gasteiger partial charge >= 0.3 is 0 Å². The van der Waals surface area contributed by atoms with E-state index in [2.05, 4.69) is 36.2 Å². The molecule has 4 rings (SSSR count). The van der Waals surface area contributed by atoms with E-state index in [0.717, 1.165) is 42.8 Å². The first kappa shape index (κ1) is 14.2. The summed E-state index contributed by atoms with van der Waals surface area (Å²) < 4.78 is 5.94. The molecule has 0 aliphatic heterocycles. The molecule has 116 valence electrons. The summed E-state index contributed by atoms with van der Waals surface area (Å²) in [5.74, 6) is 2.35. The first-order valence-corrected chi connectivity index (χ1v) is 8.23. The van der Waals surface area contributed by atoms with Crippen molar-refractivity contribution >= 4 is 0 Å². The summed E-state index contributed by atoms with van der Waals surface area (Å²) in [6.07, 6.45) is 6.04. The number of aromatic nitrogens is 2. The van der Waals surface area contributed by atoms with Crippen molar-refractivity contribution in [2.45, 2.75) is 32.6 Å². The number of oxazole rings is 1. The normalized spacial score (nSPS) is 17.0. The van der Waals surface area contributed by atoms with Gasteiger partial charge in [-0.2, -0.15) is 0 Å². The van der Waals surface area contributed by atoms with E-state index in [4.69, 9.17) is 9.40 Å². The predicted molar refractivity (Wildman–Crippen MR) is 90.1 cm³/mol. The molecule has 0 bridgehead atoms. The third-order valence-corrected chi connectivity index (χ3v) is 4.53. The topological polar surface area (TPSA) is 38.9 Å². The number of pyridine rings is 1. The molecule has 1 aliphatic rings. The number of hydrogen-bond donors (Lipinski definition) is 0. The average Bonchev–Trinajstić information content (AvgIpc) is 2.99. The molecule has 1 atom stereocenters. The van der Waals surface area contributed by atoms with E-state index in [1.165, 1.54) is 11.1 Å². The fourth-order valence-electron chi connectivity index (χ4n) is 3.39. The molecule has 2 aromatic heterocycles. The Bertz CT molecular complexity index is 808. The van der Waals surface area contributed by atoms with E-state index >= 15 is 0 Å². The first-order chi connectivity index (χ1) is 11.3. The SMILES string of the molecule is Cc1cccc(CC2CCc3oc(-c4ccccn4)nc3C2)c1. The Morgan fingerprint density at radius 2 is 2.13 bits per heavy atom. The van der Waals surface area contributed by atoms with Gasteiger partial charge in [0.25, 0.3) is 0 Å². The van der Waals surface area contributed by atoms with Gasteiger partial charge in [0.15, 0.2) is 0 Å². The Kier molecular flexibility index (Phi) is 3.70. The summed E-state index contributed by atoms with van der Waals surface area (Å²) in [4.78, 5) is 9.03. The summed E-state index contributed by atoms with van der Waals surface area (Å²) in [5, 5.41) is 0. The zero-order valence-corrected chi connectivity index (χ0v) is 13.3.